The molecule has 0 spiro atoms. The molecule has 7 heteroatoms. The van der Waals surface area contributed by atoms with Crippen molar-refractivity contribution < 1.29 is 8.42 Å². The molecule has 1 aromatic heterocycles. The Morgan fingerprint density at radius 3 is 2.46 bits per heavy atom. The minimum absolute atomic E-state index is 0.0281. The molecule has 2 aliphatic carbocycles. The molecule has 0 radical (unpaired) electrons. The monoisotopic (exact) mass is 380 g/mol. The van der Waals surface area contributed by atoms with Gasteiger partial charge in [-0.05, 0) is 39.5 Å². The van der Waals surface area contributed by atoms with Crippen LogP contribution >= 0.6 is 0 Å². The van der Waals surface area contributed by atoms with Crippen molar-refractivity contribution in [3.8, 4) is 0 Å². The van der Waals surface area contributed by atoms with Gasteiger partial charge in [0.2, 0.25) is 10.0 Å². The summed E-state index contributed by atoms with van der Waals surface area (Å²) in [5.41, 5.74) is 1.27. The lowest BCUT2D eigenvalue weighted by Crippen LogP contribution is -2.59. The average molecular weight is 381 g/mol. The Morgan fingerprint density at radius 1 is 1.04 bits per heavy atom. The van der Waals surface area contributed by atoms with Gasteiger partial charge >= 0.3 is 0 Å². The molecule has 1 saturated heterocycles. The second-order valence-corrected chi connectivity index (χ2v) is 10.6. The van der Waals surface area contributed by atoms with Crippen LogP contribution in [0.3, 0.4) is 0 Å². The molecule has 0 N–H and O–H groups in total. The topological polar surface area (TPSA) is 58.4 Å². The Kier molecular flexibility index (Phi) is 5.14. The first-order valence-corrected chi connectivity index (χ1v) is 11.7. The van der Waals surface area contributed by atoms with Gasteiger partial charge in [0, 0.05) is 44.0 Å². The Morgan fingerprint density at radius 2 is 1.77 bits per heavy atom. The van der Waals surface area contributed by atoms with E-state index in [1.54, 1.807) is 4.31 Å². The van der Waals surface area contributed by atoms with Crippen LogP contribution in [-0.4, -0.2) is 57.6 Å². The Labute approximate surface area is 157 Å². The van der Waals surface area contributed by atoms with Crippen molar-refractivity contribution in [2.24, 2.45) is 0 Å². The summed E-state index contributed by atoms with van der Waals surface area (Å²) in [6.07, 6.45) is 12.2. The van der Waals surface area contributed by atoms with E-state index in [0.29, 0.717) is 12.6 Å². The molecule has 0 amide bonds. The van der Waals surface area contributed by atoms with Gasteiger partial charge in [-0.3, -0.25) is 4.90 Å². The van der Waals surface area contributed by atoms with Crippen molar-refractivity contribution in [1.82, 2.24) is 18.8 Å². The van der Waals surface area contributed by atoms with Gasteiger partial charge in [-0.25, -0.2) is 13.4 Å². The van der Waals surface area contributed by atoms with Gasteiger partial charge in [0.25, 0.3) is 0 Å². The van der Waals surface area contributed by atoms with Crippen LogP contribution in [0.2, 0.25) is 0 Å². The van der Waals surface area contributed by atoms with Gasteiger partial charge in [-0.15, -0.1) is 0 Å². The predicted molar refractivity (Wildman–Crippen MR) is 102 cm³/mol. The summed E-state index contributed by atoms with van der Waals surface area (Å²) in [4.78, 5) is 6.85. The quantitative estimate of drug-likeness (QED) is 0.788. The van der Waals surface area contributed by atoms with E-state index in [2.05, 4.69) is 28.3 Å². The third-order valence-corrected chi connectivity index (χ3v) is 9.17. The summed E-state index contributed by atoms with van der Waals surface area (Å²) in [5.74, 6) is 0. The highest BCUT2D eigenvalue weighted by molar-refractivity contribution is 7.90. The SMILES string of the molecule is C[C@@H]1[C@H](C)N(Cc2cncn2C2CCCCC2)CCN1S(=O)(=O)C1CC1. The van der Waals surface area contributed by atoms with Crippen molar-refractivity contribution >= 4 is 10.0 Å². The van der Waals surface area contributed by atoms with Gasteiger partial charge in [-0.2, -0.15) is 4.31 Å². The Hall–Kier alpha value is -0.920. The number of imidazole rings is 1. The normalized spacial score (nSPS) is 29.9. The lowest BCUT2D eigenvalue weighted by molar-refractivity contribution is 0.0758. The maximum Gasteiger partial charge on any atom is 0.217 e. The number of piperazine rings is 1. The molecule has 3 fully saturated rings. The van der Waals surface area contributed by atoms with Gasteiger partial charge in [0.1, 0.15) is 0 Å². The Balaban J connectivity index is 1.44. The van der Waals surface area contributed by atoms with Crippen molar-refractivity contribution in [3.63, 3.8) is 0 Å². The van der Waals surface area contributed by atoms with E-state index < -0.39 is 10.0 Å². The lowest BCUT2D eigenvalue weighted by atomic mass is 9.95. The molecule has 0 aromatic carbocycles. The van der Waals surface area contributed by atoms with Crippen LogP contribution in [0.15, 0.2) is 12.5 Å². The lowest BCUT2D eigenvalue weighted by Gasteiger charge is -2.44. The summed E-state index contributed by atoms with van der Waals surface area (Å²) in [6, 6.07) is 0.831. The minimum Gasteiger partial charge on any atom is -0.330 e. The van der Waals surface area contributed by atoms with E-state index in [-0.39, 0.29) is 17.3 Å². The first kappa shape index (κ1) is 18.4. The summed E-state index contributed by atoms with van der Waals surface area (Å²) < 4.78 is 29.5. The Bertz CT molecular complexity index is 722. The van der Waals surface area contributed by atoms with E-state index in [0.717, 1.165) is 25.9 Å². The molecule has 2 saturated carbocycles. The van der Waals surface area contributed by atoms with Crippen LogP contribution in [0.25, 0.3) is 0 Å². The van der Waals surface area contributed by atoms with Gasteiger partial charge in [-0.1, -0.05) is 19.3 Å². The fourth-order valence-corrected chi connectivity index (χ4v) is 6.76. The number of hydrogen-bond donors (Lipinski definition) is 0. The second kappa shape index (κ2) is 7.24. The molecule has 1 aliphatic heterocycles. The van der Waals surface area contributed by atoms with Crippen molar-refractivity contribution in [3.05, 3.63) is 18.2 Å². The van der Waals surface area contributed by atoms with E-state index in [1.807, 2.05) is 12.5 Å². The molecule has 3 aliphatic rings. The standard InChI is InChI=1S/C19H32N4O2S/c1-15-16(2)23(26(24,25)19-8-9-19)11-10-21(15)13-18-12-20-14-22(18)17-6-4-3-5-7-17/h12,14-17,19H,3-11,13H2,1-2H3/t15-,16+/m0/s1. The number of rotatable bonds is 5. The number of hydrogen-bond acceptors (Lipinski definition) is 4. The van der Waals surface area contributed by atoms with Crippen LogP contribution in [0.4, 0.5) is 0 Å². The zero-order valence-corrected chi connectivity index (χ0v) is 16.9. The summed E-state index contributed by atoms with van der Waals surface area (Å²) in [7, 11) is -3.09. The summed E-state index contributed by atoms with van der Waals surface area (Å²) >= 11 is 0. The second-order valence-electron chi connectivity index (χ2n) is 8.39. The maximum atomic E-state index is 12.7. The highest BCUT2D eigenvalue weighted by Crippen LogP contribution is 2.34. The number of nitrogens with zero attached hydrogens (tertiary/aromatic N) is 4. The number of aromatic nitrogens is 2. The molecule has 0 bridgehead atoms. The zero-order chi connectivity index (χ0) is 18.3. The summed E-state index contributed by atoms with van der Waals surface area (Å²) in [6.45, 7) is 6.50. The van der Waals surface area contributed by atoms with Crippen LogP contribution in [0, 0.1) is 0 Å². The third kappa shape index (κ3) is 3.45. The molecule has 1 aromatic rings. The van der Waals surface area contributed by atoms with Gasteiger partial charge in [0.15, 0.2) is 0 Å². The maximum absolute atomic E-state index is 12.7. The van der Waals surface area contributed by atoms with E-state index >= 15 is 0 Å². The largest absolute Gasteiger partial charge is 0.330 e. The molecule has 26 heavy (non-hydrogen) atoms. The van der Waals surface area contributed by atoms with Gasteiger partial charge < -0.3 is 4.57 Å². The highest BCUT2D eigenvalue weighted by Gasteiger charge is 2.45. The molecule has 4 rings (SSSR count). The molecular formula is C19H32N4O2S. The smallest absolute Gasteiger partial charge is 0.217 e. The van der Waals surface area contributed by atoms with Crippen LogP contribution in [0.5, 0.6) is 0 Å². The van der Waals surface area contributed by atoms with E-state index in [1.165, 1.54) is 37.8 Å². The van der Waals surface area contributed by atoms with E-state index in [4.69, 9.17) is 0 Å². The van der Waals surface area contributed by atoms with Gasteiger partial charge in [0.05, 0.1) is 17.3 Å². The fraction of sp³-hybridized carbons (Fsp3) is 0.842. The first-order chi connectivity index (χ1) is 12.5. The highest BCUT2D eigenvalue weighted by atomic mass is 32.2. The van der Waals surface area contributed by atoms with Crippen molar-refractivity contribution in [2.45, 2.75) is 88.7 Å². The van der Waals surface area contributed by atoms with Crippen molar-refractivity contribution in [2.75, 3.05) is 13.1 Å². The first-order valence-electron chi connectivity index (χ1n) is 10.2. The molecule has 6 nitrogen and oxygen atoms in total. The molecule has 146 valence electrons. The molecular weight excluding hydrogens is 348 g/mol. The number of sulfonamides is 1. The molecule has 0 unspecified atom stereocenters. The summed E-state index contributed by atoms with van der Waals surface area (Å²) in [5, 5.41) is -0.114. The zero-order valence-electron chi connectivity index (χ0n) is 16.0. The van der Waals surface area contributed by atoms with E-state index in [9.17, 15) is 8.42 Å². The fourth-order valence-electron chi connectivity index (χ4n) is 4.67. The van der Waals surface area contributed by atoms with Crippen molar-refractivity contribution in [1.29, 1.82) is 0 Å². The molecule has 2 heterocycles. The third-order valence-electron chi connectivity index (χ3n) is 6.69. The van der Waals surface area contributed by atoms with Crippen LogP contribution < -0.4 is 0 Å². The predicted octanol–water partition coefficient (Wildman–Crippen LogP) is 2.78. The minimum atomic E-state index is -3.09. The molecule has 2 atom stereocenters. The van der Waals surface area contributed by atoms with Crippen LogP contribution in [-0.2, 0) is 16.6 Å². The average Bonchev–Trinajstić information content (AvgIpc) is 3.40. The van der Waals surface area contributed by atoms with Crippen LogP contribution in [0.1, 0.15) is 70.5 Å².